The molecule has 88 valence electrons. The molecule has 3 heteroatoms. The lowest BCUT2D eigenvalue weighted by Gasteiger charge is -2.26. The van der Waals surface area contributed by atoms with E-state index in [9.17, 15) is 4.79 Å². The number of hydrogen-bond acceptors (Lipinski definition) is 1. The van der Waals surface area contributed by atoms with Crippen molar-refractivity contribution in [1.82, 2.24) is 0 Å². The van der Waals surface area contributed by atoms with Gasteiger partial charge in [-0.25, -0.2) is 0 Å². The molecule has 1 aromatic carbocycles. The van der Waals surface area contributed by atoms with Crippen LogP contribution in [0.2, 0.25) is 0 Å². The molecule has 0 saturated heterocycles. The van der Waals surface area contributed by atoms with Gasteiger partial charge in [0.2, 0.25) is 0 Å². The molecule has 0 unspecified atom stereocenters. The van der Waals surface area contributed by atoms with E-state index in [-0.39, 0.29) is 11.8 Å². The molecular formula is C13H17BrO2. The van der Waals surface area contributed by atoms with Crippen molar-refractivity contribution in [3.8, 4) is 0 Å². The number of benzene rings is 1. The van der Waals surface area contributed by atoms with Crippen LogP contribution in [0.5, 0.6) is 0 Å². The predicted octanol–water partition coefficient (Wildman–Crippen LogP) is 3.76. The fraction of sp³-hybridized carbons (Fsp3) is 0.462. The number of halogens is 1. The van der Waals surface area contributed by atoms with Crippen molar-refractivity contribution in [1.29, 1.82) is 0 Å². The van der Waals surface area contributed by atoms with Crippen molar-refractivity contribution in [3.63, 3.8) is 0 Å². The maximum Gasteiger partial charge on any atom is 0.304 e. The molecule has 1 aromatic rings. The molecule has 0 atom stereocenters. The zero-order valence-corrected chi connectivity index (χ0v) is 11.5. The van der Waals surface area contributed by atoms with Gasteiger partial charge in [0.25, 0.3) is 0 Å². The van der Waals surface area contributed by atoms with Crippen LogP contribution in [0.3, 0.4) is 0 Å². The Hall–Kier alpha value is -0.830. The minimum atomic E-state index is -0.755. The monoisotopic (exact) mass is 284 g/mol. The van der Waals surface area contributed by atoms with Crippen LogP contribution in [0.15, 0.2) is 22.7 Å². The van der Waals surface area contributed by atoms with Gasteiger partial charge in [0.15, 0.2) is 0 Å². The Morgan fingerprint density at radius 2 is 2.06 bits per heavy atom. The highest BCUT2D eigenvalue weighted by Crippen LogP contribution is 2.31. The van der Waals surface area contributed by atoms with Crippen LogP contribution in [0.4, 0.5) is 0 Å². The number of carbonyl (C=O) groups is 1. The Balaban J connectivity index is 3.15. The van der Waals surface area contributed by atoms with Crippen molar-refractivity contribution in [3.05, 3.63) is 33.8 Å². The normalized spacial score (nSPS) is 11.5. The summed E-state index contributed by atoms with van der Waals surface area (Å²) in [5, 5.41) is 8.92. The molecule has 0 aliphatic rings. The zero-order chi connectivity index (χ0) is 12.3. The first-order valence-electron chi connectivity index (χ1n) is 5.37. The van der Waals surface area contributed by atoms with E-state index in [1.54, 1.807) is 0 Å². The van der Waals surface area contributed by atoms with E-state index in [4.69, 9.17) is 5.11 Å². The highest BCUT2D eigenvalue weighted by molar-refractivity contribution is 9.10. The Bertz CT molecular complexity index is 397. The molecular weight excluding hydrogens is 268 g/mol. The molecule has 0 aliphatic heterocycles. The standard InChI is InChI=1S/C13H17BrO2/c1-4-9-7-10(14)5-6-11(9)13(2,3)8-12(15)16/h5-7H,4,8H2,1-3H3,(H,15,16). The van der Waals surface area contributed by atoms with E-state index in [0.717, 1.165) is 16.5 Å². The largest absolute Gasteiger partial charge is 0.481 e. The summed E-state index contributed by atoms with van der Waals surface area (Å²) in [5.41, 5.74) is 2.01. The van der Waals surface area contributed by atoms with Crippen LogP contribution in [0.1, 0.15) is 38.3 Å². The Labute approximate surface area is 105 Å². The topological polar surface area (TPSA) is 37.3 Å². The van der Waals surface area contributed by atoms with Gasteiger partial charge in [0.05, 0.1) is 6.42 Å². The highest BCUT2D eigenvalue weighted by Gasteiger charge is 2.26. The molecule has 0 amide bonds. The fourth-order valence-corrected chi connectivity index (χ4v) is 2.40. The van der Waals surface area contributed by atoms with Gasteiger partial charge >= 0.3 is 5.97 Å². The minimum Gasteiger partial charge on any atom is -0.481 e. The van der Waals surface area contributed by atoms with Crippen molar-refractivity contribution in [2.75, 3.05) is 0 Å². The second-order valence-corrected chi connectivity index (χ2v) is 5.53. The molecule has 0 heterocycles. The molecule has 0 saturated carbocycles. The van der Waals surface area contributed by atoms with Gasteiger partial charge in [-0.1, -0.05) is 42.8 Å². The van der Waals surface area contributed by atoms with Crippen LogP contribution in [-0.2, 0) is 16.6 Å². The molecule has 0 fully saturated rings. The summed E-state index contributed by atoms with van der Waals surface area (Å²) in [7, 11) is 0. The average Bonchev–Trinajstić information content (AvgIpc) is 2.15. The molecule has 0 spiro atoms. The summed E-state index contributed by atoms with van der Waals surface area (Å²) < 4.78 is 1.04. The summed E-state index contributed by atoms with van der Waals surface area (Å²) in [6.07, 6.45) is 1.07. The number of rotatable bonds is 4. The second kappa shape index (κ2) is 5.00. The molecule has 16 heavy (non-hydrogen) atoms. The molecule has 0 bridgehead atoms. The fourth-order valence-electron chi connectivity index (χ4n) is 1.99. The number of carboxylic acids is 1. The summed E-state index contributed by atoms with van der Waals surface area (Å²) in [5.74, 6) is -0.755. The lowest BCUT2D eigenvalue weighted by Crippen LogP contribution is -2.23. The predicted molar refractivity (Wildman–Crippen MR) is 68.8 cm³/mol. The number of carboxylic acid groups (broad SMARTS) is 1. The molecule has 0 radical (unpaired) electrons. The maximum absolute atomic E-state index is 10.8. The van der Waals surface area contributed by atoms with Crippen LogP contribution < -0.4 is 0 Å². The van der Waals surface area contributed by atoms with E-state index < -0.39 is 5.97 Å². The number of aliphatic carboxylic acids is 1. The quantitative estimate of drug-likeness (QED) is 0.914. The zero-order valence-electron chi connectivity index (χ0n) is 9.88. The van der Waals surface area contributed by atoms with Crippen LogP contribution in [0.25, 0.3) is 0 Å². The third-order valence-electron chi connectivity index (χ3n) is 2.77. The lowest BCUT2D eigenvalue weighted by atomic mass is 9.78. The van der Waals surface area contributed by atoms with Crippen LogP contribution >= 0.6 is 15.9 Å². The van der Waals surface area contributed by atoms with Gasteiger partial charge in [0, 0.05) is 9.89 Å². The van der Waals surface area contributed by atoms with Gasteiger partial charge < -0.3 is 5.11 Å². The third kappa shape index (κ3) is 3.08. The molecule has 0 aliphatic carbocycles. The van der Waals surface area contributed by atoms with E-state index in [2.05, 4.69) is 28.9 Å². The summed E-state index contributed by atoms with van der Waals surface area (Å²) in [6, 6.07) is 6.06. The van der Waals surface area contributed by atoms with E-state index in [1.165, 1.54) is 5.56 Å². The van der Waals surface area contributed by atoms with E-state index in [0.29, 0.717) is 0 Å². The van der Waals surface area contributed by atoms with Crippen molar-refractivity contribution in [2.24, 2.45) is 0 Å². The van der Waals surface area contributed by atoms with Gasteiger partial charge in [-0.2, -0.15) is 0 Å². The van der Waals surface area contributed by atoms with Crippen molar-refractivity contribution in [2.45, 2.75) is 39.0 Å². The molecule has 2 nitrogen and oxygen atoms in total. The lowest BCUT2D eigenvalue weighted by molar-refractivity contribution is -0.138. The first kappa shape index (κ1) is 13.2. The van der Waals surface area contributed by atoms with Gasteiger partial charge in [0.1, 0.15) is 0 Å². The number of hydrogen-bond donors (Lipinski definition) is 1. The van der Waals surface area contributed by atoms with Crippen molar-refractivity contribution < 1.29 is 9.90 Å². The van der Waals surface area contributed by atoms with E-state index >= 15 is 0 Å². The third-order valence-corrected chi connectivity index (χ3v) is 3.26. The van der Waals surface area contributed by atoms with Gasteiger partial charge in [-0.15, -0.1) is 0 Å². The first-order valence-corrected chi connectivity index (χ1v) is 6.17. The number of aryl methyl sites for hydroxylation is 1. The van der Waals surface area contributed by atoms with Crippen LogP contribution in [-0.4, -0.2) is 11.1 Å². The smallest absolute Gasteiger partial charge is 0.304 e. The Kier molecular flexibility index (Phi) is 4.14. The highest BCUT2D eigenvalue weighted by atomic mass is 79.9. The minimum absolute atomic E-state index is 0.154. The molecule has 1 N–H and O–H groups in total. The molecule has 1 rings (SSSR count). The first-order chi connectivity index (χ1) is 7.36. The summed E-state index contributed by atoms with van der Waals surface area (Å²) >= 11 is 3.44. The van der Waals surface area contributed by atoms with E-state index in [1.807, 2.05) is 26.0 Å². The van der Waals surface area contributed by atoms with Gasteiger partial charge in [-0.3, -0.25) is 4.79 Å². The maximum atomic E-state index is 10.8. The Morgan fingerprint density at radius 1 is 1.44 bits per heavy atom. The Morgan fingerprint density at radius 3 is 2.56 bits per heavy atom. The summed E-state index contributed by atoms with van der Waals surface area (Å²) in [6.45, 7) is 6.04. The average molecular weight is 285 g/mol. The van der Waals surface area contributed by atoms with Crippen LogP contribution in [0, 0.1) is 0 Å². The second-order valence-electron chi connectivity index (χ2n) is 4.61. The SMILES string of the molecule is CCc1cc(Br)ccc1C(C)(C)CC(=O)O. The summed E-state index contributed by atoms with van der Waals surface area (Å²) in [4.78, 5) is 10.8. The molecule has 0 aromatic heterocycles. The van der Waals surface area contributed by atoms with Crippen molar-refractivity contribution >= 4 is 21.9 Å². The van der Waals surface area contributed by atoms with Gasteiger partial charge in [-0.05, 0) is 29.7 Å².